The lowest BCUT2D eigenvalue weighted by Crippen LogP contribution is -2.53. The fourth-order valence-electron chi connectivity index (χ4n) is 4.84. The Labute approximate surface area is 237 Å². The van der Waals surface area contributed by atoms with Crippen LogP contribution in [0.25, 0.3) is 0 Å². The molecular formula is C30H31BrCl2N2O2. The molecule has 1 N–H and O–H groups in total. The molecule has 0 aliphatic heterocycles. The summed E-state index contributed by atoms with van der Waals surface area (Å²) in [4.78, 5) is 29.5. The van der Waals surface area contributed by atoms with Crippen LogP contribution in [0.3, 0.4) is 0 Å². The number of hydrogen-bond donors (Lipinski definition) is 1. The van der Waals surface area contributed by atoms with Crippen molar-refractivity contribution in [2.75, 3.05) is 0 Å². The average Bonchev–Trinajstić information content (AvgIpc) is 2.90. The van der Waals surface area contributed by atoms with Crippen LogP contribution in [-0.2, 0) is 29.0 Å². The molecule has 3 aromatic carbocycles. The molecule has 1 saturated carbocycles. The molecule has 1 fully saturated rings. The topological polar surface area (TPSA) is 49.4 Å². The number of nitrogens with one attached hydrogen (secondary N) is 1. The van der Waals surface area contributed by atoms with E-state index in [0.717, 1.165) is 41.3 Å². The average molecular weight is 602 g/mol. The molecule has 0 radical (unpaired) electrons. The van der Waals surface area contributed by atoms with Crippen LogP contribution >= 0.6 is 39.1 Å². The molecular weight excluding hydrogens is 571 g/mol. The molecule has 4 nitrogen and oxygen atoms in total. The van der Waals surface area contributed by atoms with Crippen LogP contribution in [0.4, 0.5) is 0 Å². The van der Waals surface area contributed by atoms with E-state index in [4.69, 9.17) is 23.2 Å². The monoisotopic (exact) mass is 600 g/mol. The first kappa shape index (κ1) is 27.7. The molecule has 0 heterocycles. The highest BCUT2D eigenvalue weighted by molar-refractivity contribution is 9.10. The molecule has 7 heteroatoms. The fraction of sp³-hybridized carbons (Fsp3) is 0.333. The number of rotatable bonds is 9. The minimum Gasteiger partial charge on any atom is -0.352 e. The Kier molecular flexibility index (Phi) is 10.1. The molecule has 2 amide bonds. The van der Waals surface area contributed by atoms with Gasteiger partial charge in [0.2, 0.25) is 11.8 Å². The van der Waals surface area contributed by atoms with E-state index in [1.807, 2.05) is 54.6 Å². The van der Waals surface area contributed by atoms with Crippen molar-refractivity contribution in [3.8, 4) is 0 Å². The zero-order chi connectivity index (χ0) is 26.2. The first-order valence-electron chi connectivity index (χ1n) is 12.7. The van der Waals surface area contributed by atoms with E-state index < -0.39 is 6.04 Å². The van der Waals surface area contributed by atoms with Crippen molar-refractivity contribution in [1.29, 1.82) is 0 Å². The van der Waals surface area contributed by atoms with E-state index in [1.165, 1.54) is 6.42 Å². The first-order valence-corrected chi connectivity index (χ1v) is 14.3. The summed E-state index contributed by atoms with van der Waals surface area (Å²) in [6, 6.07) is 22.3. The summed E-state index contributed by atoms with van der Waals surface area (Å²) >= 11 is 16.3. The Hall–Kier alpha value is -2.34. The maximum atomic E-state index is 13.9. The van der Waals surface area contributed by atoms with Crippen LogP contribution in [0.5, 0.6) is 0 Å². The Bertz CT molecular complexity index is 1180. The lowest BCUT2D eigenvalue weighted by atomic mass is 9.94. The largest absolute Gasteiger partial charge is 0.352 e. The lowest BCUT2D eigenvalue weighted by molar-refractivity contribution is -0.141. The van der Waals surface area contributed by atoms with Gasteiger partial charge in [0.15, 0.2) is 0 Å². The molecule has 0 saturated heterocycles. The van der Waals surface area contributed by atoms with Gasteiger partial charge >= 0.3 is 0 Å². The molecule has 0 aromatic heterocycles. The van der Waals surface area contributed by atoms with Crippen molar-refractivity contribution in [3.63, 3.8) is 0 Å². The van der Waals surface area contributed by atoms with Crippen molar-refractivity contribution < 1.29 is 9.59 Å². The Balaban J connectivity index is 1.68. The van der Waals surface area contributed by atoms with Gasteiger partial charge in [0.05, 0.1) is 6.42 Å². The van der Waals surface area contributed by atoms with Crippen LogP contribution in [-0.4, -0.2) is 28.8 Å². The van der Waals surface area contributed by atoms with Crippen LogP contribution in [0.1, 0.15) is 48.8 Å². The van der Waals surface area contributed by atoms with Crippen molar-refractivity contribution in [1.82, 2.24) is 10.2 Å². The SMILES string of the molecule is O=C(NC1CCCCC1)[C@H](Cc1ccccc1)N(Cc1ccc(Br)cc1)C(=O)Cc1c(Cl)cccc1Cl. The van der Waals surface area contributed by atoms with Gasteiger partial charge in [0.25, 0.3) is 0 Å². The zero-order valence-corrected chi connectivity index (χ0v) is 23.7. The van der Waals surface area contributed by atoms with Gasteiger partial charge in [-0.2, -0.15) is 0 Å². The summed E-state index contributed by atoms with van der Waals surface area (Å²) in [6.45, 7) is 0.295. The molecule has 1 atom stereocenters. The number of hydrogen-bond acceptors (Lipinski definition) is 2. The summed E-state index contributed by atoms with van der Waals surface area (Å²) in [5.41, 5.74) is 2.50. The molecule has 37 heavy (non-hydrogen) atoms. The van der Waals surface area contributed by atoms with E-state index in [-0.39, 0.29) is 24.3 Å². The Morgan fingerprint density at radius 1 is 0.865 bits per heavy atom. The number of halogens is 3. The lowest BCUT2D eigenvalue weighted by Gasteiger charge is -2.33. The highest BCUT2D eigenvalue weighted by Gasteiger charge is 2.32. The summed E-state index contributed by atoms with van der Waals surface area (Å²) in [5, 5.41) is 4.14. The van der Waals surface area contributed by atoms with E-state index in [0.29, 0.717) is 28.6 Å². The standard InChI is InChI=1S/C30H31BrCl2N2O2/c31-23-16-14-22(15-17-23)20-35(29(36)19-25-26(32)12-7-13-27(25)33)28(18-21-8-3-1-4-9-21)30(37)34-24-10-5-2-6-11-24/h1,3-4,7-9,12-17,24,28H,2,5-6,10-11,18-20H2,(H,34,37)/t28-/m0/s1. The fourth-order valence-corrected chi connectivity index (χ4v) is 5.63. The number of carbonyl (C=O) groups is 2. The van der Waals surface area contributed by atoms with Crippen molar-refractivity contribution in [3.05, 3.63) is 104 Å². The maximum absolute atomic E-state index is 13.9. The van der Waals surface area contributed by atoms with Crippen molar-refractivity contribution in [2.24, 2.45) is 0 Å². The quantitative estimate of drug-likeness (QED) is 0.278. The summed E-state index contributed by atoms with van der Waals surface area (Å²) in [7, 11) is 0. The molecule has 0 unspecified atom stereocenters. The van der Waals surface area contributed by atoms with Crippen LogP contribution < -0.4 is 5.32 Å². The van der Waals surface area contributed by atoms with Crippen LogP contribution in [0, 0.1) is 0 Å². The number of carbonyl (C=O) groups excluding carboxylic acids is 2. The second kappa shape index (κ2) is 13.5. The van der Waals surface area contributed by atoms with E-state index in [9.17, 15) is 9.59 Å². The summed E-state index contributed by atoms with van der Waals surface area (Å²) in [5.74, 6) is -0.316. The second-order valence-corrected chi connectivity index (χ2v) is 11.3. The van der Waals surface area contributed by atoms with E-state index >= 15 is 0 Å². The van der Waals surface area contributed by atoms with Gasteiger partial charge in [-0.1, -0.05) is 107 Å². The van der Waals surface area contributed by atoms with Gasteiger partial charge in [-0.15, -0.1) is 0 Å². The number of amides is 2. The predicted octanol–water partition coefficient (Wildman–Crippen LogP) is 7.39. The highest BCUT2D eigenvalue weighted by Crippen LogP contribution is 2.27. The third-order valence-electron chi connectivity index (χ3n) is 6.88. The van der Waals surface area contributed by atoms with Crippen LogP contribution in [0.2, 0.25) is 10.0 Å². The smallest absolute Gasteiger partial charge is 0.243 e. The Morgan fingerprint density at radius 2 is 1.51 bits per heavy atom. The van der Waals surface area contributed by atoms with Gasteiger partial charge in [-0.3, -0.25) is 9.59 Å². The molecule has 0 bridgehead atoms. The van der Waals surface area contributed by atoms with Crippen LogP contribution in [0.15, 0.2) is 77.3 Å². The summed E-state index contributed by atoms with van der Waals surface area (Å²) < 4.78 is 0.952. The third kappa shape index (κ3) is 7.83. The van der Waals surface area contributed by atoms with Gasteiger partial charge in [-0.05, 0) is 53.8 Å². The zero-order valence-electron chi connectivity index (χ0n) is 20.6. The van der Waals surface area contributed by atoms with Gasteiger partial charge in [0.1, 0.15) is 6.04 Å². The number of benzene rings is 3. The number of nitrogens with zero attached hydrogens (tertiary/aromatic N) is 1. The molecule has 3 aromatic rings. The van der Waals surface area contributed by atoms with Crippen molar-refractivity contribution in [2.45, 2.75) is 63.6 Å². The maximum Gasteiger partial charge on any atom is 0.243 e. The summed E-state index contributed by atoms with van der Waals surface area (Å²) in [6.07, 6.45) is 5.79. The molecule has 194 valence electrons. The molecule has 1 aliphatic carbocycles. The minimum atomic E-state index is -0.679. The van der Waals surface area contributed by atoms with Gasteiger partial charge in [-0.25, -0.2) is 0 Å². The third-order valence-corrected chi connectivity index (χ3v) is 8.12. The van der Waals surface area contributed by atoms with E-state index in [1.54, 1.807) is 23.1 Å². The Morgan fingerprint density at radius 3 is 2.16 bits per heavy atom. The van der Waals surface area contributed by atoms with Crippen molar-refractivity contribution >= 4 is 50.9 Å². The second-order valence-electron chi connectivity index (χ2n) is 9.57. The van der Waals surface area contributed by atoms with Gasteiger partial charge < -0.3 is 10.2 Å². The molecule has 0 spiro atoms. The van der Waals surface area contributed by atoms with Gasteiger partial charge in [0, 0.05) is 33.5 Å². The molecule has 4 rings (SSSR count). The van der Waals surface area contributed by atoms with E-state index in [2.05, 4.69) is 21.2 Å². The normalized spacial score (nSPS) is 14.7. The first-order chi connectivity index (χ1) is 17.9. The minimum absolute atomic E-state index is 0.0109. The predicted molar refractivity (Wildman–Crippen MR) is 154 cm³/mol. The highest BCUT2D eigenvalue weighted by atomic mass is 79.9. The molecule has 1 aliphatic rings.